The Morgan fingerprint density at radius 2 is 2.18 bits per heavy atom. The number of amides is 1. The molecule has 1 amide bonds. The highest BCUT2D eigenvalue weighted by Gasteiger charge is 2.30. The maximum Gasteiger partial charge on any atom is 0.223 e. The maximum absolute atomic E-state index is 12.2. The van der Waals surface area contributed by atoms with Crippen molar-refractivity contribution in [3.8, 4) is 0 Å². The highest BCUT2D eigenvalue weighted by Crippen LogP contribution is 2.17. The van der Waals surface area contributed by atoms with Crippen LogP contribution in [0, 0.1) is 6.92 Å². The molecule has 2 heterocycles. The number of aryl methyl sites for hydroxylation is 1. The molecule has 1 atom stereocenters. The zero-order chi connectivity index (χ0) is 16.3. The molecule has 0 spiro atoms. The van der Waals surface area contributed by atoms with Crippen LogP contribution in [0.2, 0.25) is 0 Å². The minimum atomic E-state index is -2.88. The normalized spacial score (nSPS) is 20.5. The summed E-state index contributed by atoms with van der Waals surface area (Å²) in [6.07, 6.45) is 1.06. The summed E-state index contributed by atoms with van der Waals surface area (Å²) >= 11 is 1.58. The number of sulfone groups is 1. The third kappa shape index (κ3) is 4.76. The third-order valence-corrected chi connectivity index (χ3v) is 6.57. The Hall–Kier alpha value is -0.990. The molecule has 124 valence electrons. The number of hydrogen-bond acceptors (Lipinski definition) is 6. The largest absolute Gasteiger partial charge is 0.340 e. The number of carbonyl (C=O) groups excluding carboxylic acids is 1. The van der Waals surface area contributed by atoms with E-state index in [-0.39, 0.29) is 23.5 Å². The average Bonchev–Trinajstić information content (AvgIpc) is 3.01. The van der Waals surface area contributed by atoms with Gasteiger partial charge in [-0.1, -0.05) is 0 Å². The van der Waals surface area contributed by atoms with Gasteiger partial charge in [-0.15, -0.1) is 11.3 Å². The van der Waals surface area contributed by atoms with Crippen molar-refractivity contribution in [2.24, 2.45) is 0 Å². The third-order valence-electron chi connectivity index (χ3n) is 4.00. The molecule has 22 heavy (non-hydrogen) atoms. The Balaban J connectivity index is 1.77. The molecule has 2 rings (SSSR count). The number of nitrogens with zero attached hydrogens (tertiary/aromatic N) is 3. The smallest absolute Gasteiger partial charge is 0.223 e. The van der Waals surface area contributed by atoms with E-state index in [0.717, 1.165) is 10.7 Å². The lowest BCUT2D eigenvalue weighted by Crippen LogP contribution is -2.36. The van der Waals surface area contributed by atoms with Crippen molar-refractivity contribution < 1.29 is 13.2 Å². The summed E-state index contributed by atoms with van der Waals surface area (Å²) in [6.45, 7) is 3.05. The van der Waals surface area contributed by atoms with Gasteiger partial charge in [0.15, 0.2) is 9.84 Å². The lowest BCUT2D eigenvalue weighted by atomic mass is 10.2. The Kier molecular flexibility index (Phi) is 5.57. The molecule has 0 unspecified atom stereocenters. The van der Waals surface area contributed by atoms with E-state index in [1.807, 2.05) is 24.3 Å². The number of thiazole rings is 1. The summed E-state index contributed by atoms with van der Waals surface area (Å²) in [4.78, 5) is 20.2. The molecule has 1 aromatic rings. The number of rotatable bonds is 6. The van der Waals surface area contributed by atoms with E-state index in [1.54, 1.807) is 23.3 Å². The predicted molar refractivity (Wildman–Crippen MR) is 87.6 cm³/mol. The van der Waals surface area contributed by atoms with Gasteiger partial charge in [0.25, 0.3) is 0 Å². The van der Waals surface area contributed by atoms with Gasteiger partial charge in [-0.3, -0.25) is 4.79 Å². The van der Waals surface area contributed by atoms with Gasteiger partial charge in [-0.2, -0.15) is 0 Å². The molecule has 1 fully saturated rings. The molecule has 1 aliphatic rings. The van der Waals surface area contributed by atoms with Crippen molar-refractivity contribution in [1.29, 1.82) is 0 Å². The Morgan fingerprint density at radius 3 is 2.73 bits per heavy atom. The van der Waals surface area contributed by atoms with Crippen molar-refractivity contribution in [3.05, 3.63) is 16.1 Å². The summed E-state index contributed by atoms with van der Waals surface area (Å²) in [6, 6.07) is 0.0456. The van der Waals surface area contributed by atoms with Gasteiger partial charge < -0.3 is 9.80 Å². The Morgan fingerprint density at radius 1 is 1.45 bits per heavy atom. The van der Waals surface area contributed by atoms with Crippen LogP contribution in [-0.2, 0) is 21.2 Å². The molecular weight excluding hydrogens is 322 g/mol. The molecule has 6 nitrogen and oxygen atoms in total. The van der Waals surface area contributed by atoms with Gasteiger partial charge in [0, 0.05) is 31.4 Å². The Bertz CT molecular complexity index is 627. The van der Waals surface area contributed by atoms with Crippen LogP contribution in [0.5, 0.6) is 0 Å². The molecule has 0 saturated carbocycles. The summed E-state index contributed by atoms with van der Waals surface area (Å²) < 4.78 is 23.0. The van der Waals surface area contributed by atoms with Crippen molar-refractivity contribution in [1.82, 2.24) is 14.8 Å². The van der Waals surface area contributed by atoms with Crippen LogP contribution in [0.3, 0.4) is 0 Å². The van der Waals surface area contributed by atoms with E-state index in [0.29, 0.717) is 25.9 Å². The molecule has 0 N–H and O–H groups in total. The second-order valence-electron chi connectivity index (χ2n) is 5.90. The summed E-state index contributed by atoms with van der Waals surface area (Å²) in [5.41, 5.74) is 0.911. The van der Waals surface area contributed by atoms with E-state index in [4.69, 9.17) is 0 Å². The summed E-state index contributed by atoms with van der Waals surface area (Å²) in [7, 11) is 0.788. The highest BCUT2D eigenvalue weighted by atomic mass is 32.2. The summed E-state index contributed by atoms with van der Waals surface area (Å²) in [5.74, 6) is 0.531. The van der Waals surface area contributed by atoms with E-state index >= 15 is 0 Å². The van der Waals surface area contributed by atoms with Gasteiger partial charge in [-0.25, -0.2) is 13.4 Å². The first kappa shape index (κ1) is 17.4. The SMILES string of the molecule is Cc1nc(CN(C)C(=O)CCN(C)[C@@H]2CCS(=O)(=O)C2)cs1. The van der Waals surface area contributed by atoms with E-state index in [9.17, 15) is 13.2 Å². The van der Waals surface area contributed by atoms with Crippen LogP contribution in [-0.4, -0.2) is 67.3 Å². The molecule has 8 heteroatoms. The first-order valence-corrected chi connectivity index (χ1v) is 10.0. The highest BCUT2D eigenvalue weighted by molar-refractivity contribution is 7.91. The van der Waals surface area contributed by atoms with E-state index in [2.05, 4.69) is 4.98 Å². The zero-order valence-electron chi connectivity index (χ0n) is 13.3. The molecule has 1 saturated heterocycles. The number of aromatic nitrogens is 1. The standard InChI is InChI=1S/C14H23N3O3S2/c1-11-15-12(9-21-11)8-17(3)14(18)4-6-16(2)13-5-7-22(19,20)10-13/h9,13H,4-8,10H2,1-3H3/t13-/m1/s1. The molecule has 0 radical (unpaired) electrons. The fourth-order valence-corrected chi connectivity index (χ4v) is 4.99. The number of carbonyl (C=O) groups is 1. The van der Waals surface area contributed by atoms with Crippen LogP contribution in [0.25, 0.3) is 0 Å². The lowest BCUT2D eigenvalue weighted by molar-refractivity contribution is -0.130. The molecule has 0 aromatic carbocycles. The number of hydrogen-bond donors (Lipinski definition) is 0. The molecule has 1 aliphatic heterocycles. The second-order valence-corrected chi connectivity index (χ2v) is 9.19. The first-order valence-electron chi connectivity index (χ1n) is 7.32. The van der Waals surface area contributed by atoms with Gasteiger partial charge in [0.05, 0.1) is 28.8 Å². The second kappa shape index (κ2) is 7.06. The predicted octanol–water partition coefficient (Wildman–Crippen LogP) is 0.919. The first-order chi connectivity index (χ1) is 10.3. The van der Waals surface area contributed by atoms with E-state index < -0.39 is 9.84 Å². The van der Waals surface area contributed by atoms with Crippen molar-refractivity contribution in [3.63, 3.8) is 0 Å². The van der Waals surface area contributed by atoms with Crippen molar-refractivity contribution in [2.75, 3.05) is 32.1 Å². The molecule has 0 bridgehead atoms. The monoisotopic (exact) mass is 345 g/mol. The van der Waals surface area contributed by atoms with Crippen LogP contribution < -0.4 is 0 Å². The van der Waals surface area contributed by atoms with Crippen LogP contribution >= 0.6 is 11.3 Å². The lowest BCUT2D eigenvalue weighted by Gasteiger charge is -2.24. The van der Waals surface area contributed by atoms with Crippen LogP contribution in [0.1, 0.15) is 23.5 Å². The van der Waals surface area contributed by atoms with Gasteiger partial charge >= 0.3 is 0 Å². The van der Waals surface area contributed by atoms with Gasteiger partial charge in [0.1, 0.15) is 0 Å². The van der Waals surface area contributed by atoms with Crippen molar-refractivity contribution in [2.45, 2.75) is 32.4 Å². The van der Waals surface area contributed by atoms with Crippen molar-refractivity contribution >= 4 is 27.1 Å². The fourth-order valence-electron chi connectivity index (χ4n) is 2.58. The maximum atomic E-state index is 12.2. The molecule has 0 aliphatic carbocycles. The molecular formula is C14H23N3O3S2. The molecule has 1 aromatic heterocycles. The van der Waals surface area contributed by atoms with Crippen LogP contribution in [0.15, 0.2) is 5.38 Å². The minimum Gasteiger partial charge on any atom is -0.340 e. The Labute approximate surface area is 136 Å². The summed E-state index contributed by atoms with van der Waals surface area (Å²) in [5, 5.41) is 2.97. The zero-order valence-corrected chi connectivity index (χ0v) is 14.9. The van der Waals surface area contributed by atoms with Crippen LogP contribution in [0.4, 0.5) is 0 Å². The fraction of sp³-hybridized carbons (Fsp3) is 0.714. The minimum absolute atomic E-state index is 0.0456. The topological polar surface area (TPSA) is 70.6 Å². The van der Waals surface area contributed by atoms with Gasteiger partial charge in [0.2, 0.25) is 5.91 Å². The average molecular weight is 345 g/mol. The van der Waals surface area contributed by atoms with Gasteiger partial charge in [-0.05, 0) is 20.4 Å². The van der Waals surface area contributed by atoms with E-state index in [1.165, 1.54) is 0 Å². The quantitative estimate of drug-likeness (QED) is 0.767.